The minimum absolute atomic E-state index is 0.0921. The molecule has 24 heavy (non-hydrogen) atoms. The number of nitrogens with one attached hydrogen (secondary N) is 1. The molecule has 1 amide bonds. The van der Waals surface area contributed by atoms with Crippen LogP contribution < -0.4 is 5.32 Å². The molecule has 1 aliphatic heterocycles. The van der Waals surface area contributed by atoms with E-state index in [4.69, 9.17) is 12.2 Å². The Labute approximate surface area is 154 Å². The van der Waals surface area contributed by atoms with Crippen LogP contribution in [0.15, 0.2) is 24.3 Å². The number of fused-ring (bicyclic) bond motifs is 1. The van der Waals surface area contributed by atoms with Crippen molar-refractivity contribution in [2.75, 3.05) is 18.8 Å². The average molecular weight is 363 g/mol. The zero-order valence-electron chi connectivity index (χ0n) is 14.3. The third-order valence-corrected chi connectivity index (χ3v) is 6.60. The molecular weight excluding hydrogens is 336 g/mol. The standard InChI is InChI=1S/C19H26N2OS2/c1-14-9-11-21(12-10-14)19(23)24-13-18(22)20-17-8-4-6-15-5-2-3-7-16(15)17/h2-3,5,7,14,17H,4,6,8-13H2,1H3,(H,20,22)/t17-/m0/s1. The fourth-order valence-electron chi connectivity index (χ4n) is 3.55. The van der Waals surface area contributed by atoms with Crippen molar-refractivity contribution in [2.24, 2.45) is 5.92 Å². The first-order valence-electron chi connectivity index (χ1n) is 8.92. The van der Waals surface area contributed by atoms with E-state index in [0.29, 0.717) is 5.75 Å². The molecule has 3 nitrogen and oxygen atoms in total. The number of amides is 1. The van der Waals surface area contributed by atoms with E-state index in [2.05, 4.69) is 41.4 Å². The summed E-state index contributed by atoms with van der Waals surface area (Å²) in [5, 5.41) is 3.20. The van der Waals surface area contributed by atoms with Gasteiger partial charge in [-0.15, -0.1) is 0 Å². The predicted molar refractivity (Wildman–Crippen MR) is 105 cm³/mol. The van der Waals surface area contributed by atoms with Crippen LogP contribution >= 0.6 is 24.0 Å². The number of aryl methyl sites for hydroxylation is 1. The van der Waals surface area contributed by atoms with E-state index < -0.39 is 0 Å². The first-order valence-corrected chi connectivity index (χ1v) is 10.3. The summed E-state index contributed by atoms with van der Waals surface area (Å²) in [4.78, 5) is 14.6. The lowest BCUT2D eigenvalue weighted by Gasteiger charge is -2.32. The molecule has 1 fully saturated rings. The molecule has 1 N–H and O–H groups in total. The summed E-state index contributed by atoms with van der Waals surface area (Å²) in [6, 6.07) is 8.62. The summed E-state index contributed by atoms with van der Waals surface area (Å²) < 4.78 is 0.876. The SMILES string of the molecule is CC1CCN(C(=S)SCC(=O)N[C@H]2CCCc3ccccc32)CC1. The third kappa shape index (κ3) is 4.51. The van der Waals surface area contributed by atoms with Crippen molar-refractivity contribution >= 4 is 34.2 Å². The van der Waals surface area contributed by atoms with E-state index in [0.717, 1.165) is 42.6 Å². The number of thiocarbonyl (C=S) groups is 1. The van der Waals surface area contributed by atoms with Crippen LogP contribution in [0.4, 0.5) is 0 Å². The minimum atomic E-state index is 0.0921. The predicted octanol–water partition coefficient (Wildman–Crippen LogP) is 3.93. The number of thioether (sulfide) groups is 1. The van der Waals surface area contributed by atoms with E-state index in [1.54, 1.807) is 0 Å². The second-order valence-corrected chi connectivity index (χ2v) is 8.54. The molecule has 130 valence electrons. The zero-order chi connectivity index (χ0) is 16.9. The summed E-state index contributed by atoms with van der Waals surface area (Å²) in [5.41, 5.74) is 2.66. The van der Waals surface area contributed by atoms with Crippen molar-refractivity contribution in [1.29, 1.82) is 0 Å². The summed E-state index contributed by atoms with van der Waals surface area (Å²) >= 11 is 7.01. The Balaban J connectivity index is 1.47. The molecule has 1 atom stereocenters. The largest absolute Gasteiger partial charge is 0.357 e. The number of carbonyl (C=O) groups excluding carboxylic acids is 1. The molecule has 5 heteroatoms. The van der Waals surface area contributed by atoms with E-state index >= 15 is 0 Å². The highest BCUT2D eigenvalue weighted by Crippen LogP contribution is 2.29. The highest BCUT2D eigenvalue weighted by Gasteiger charge is 2.22. The number of likely N-dealkylation sites (tertiary alicyclic amines) is 1. The molecule has 1 aromatic carbocycles. The van der Waals surface area contributed by atoms with Crippen LogP contribution in [0.3, 0.4) is 0 Å². The Morgan fingerprint density at radius 2 is 2.04 bits per heavy atom. The molecule has 3 rings (SSSR count). The van der Waals surface area contributed by atoms with Crippen LogP contribution in [0.5, 0.6) is 0 Å². The van der Waals surface area contributed by atoms with Crippen molar-refractivity contribution in [3.8, 4) is 0 Å². The Morgan fingerprint density at radius 1 is 1.29 bits per heavy atom. The number of hydrogen-bond donors (Lipinski definition) is 1. The molecule has 0 radical (unpaired) electrons. The van der Waals surface area contributed by atoms with Gasteiger partial charge in [0.05, 0.1) is 11.8 Å². The lowest BCUT2D eigenvalue weighted by atomic mass is 9.88. The number of benzene rings is 1. The average Bonchev–Trinajstić information content (AvgIpc) is 2.61. The van der Waals surface area contributed by atoms with Gasteiger partial charge in [-0.2, -0.15) is 0 Å². The molecule has 1 saturated heterocycles. The fourth-order valence-corrected chi connectivity index (χ4v) is 4.61. The number of piperidine rings is 1. The van der Waals surface area contributed by atoms with Crippen molar-refractivity contribution in [3.05, 3.63) is 35.4 Å². The Kier molecular flexibility index (Phi) is 6.17. The van der Waals surface area contributed by atoms with Crippen LogP contribution in [-0.2, 0) is 11.2 Å². The molecule has 2 aliphatic rings. The monoisotopic (exact) mass is 362 g/mol. The van der Waals surface area contributed by atoms with Crippen molar-refractivity contribution in [2.45, 2.75) is 45.1 Å². The summed E-state index contributed by atoms with van der Waals surface area (Å²) in [5.74, 6) is 1.31. The Bertz CT molecular complexity index is 597. The number of nitrogens with zero attached hydrogens (tertiary/aromatic N) is 1. The van der Waals surface area contributed by atoms with Gasteiger partial charge in [-0.25, -0.2) is 0 Å². The molecule has 0 spiro atoms. The molecule has 0 saturated carbocycles. The van der Waals surface area contributed by atoms with Gasteiger partial charge in [-0.3, -0.25) is 4.79 Å². The number of hydrogen-bond acceptors (Lipinski definition) is 3. The van der Waals surface area contributed by atoms with Crippen LogP contribution in [0, 0.1) is 5.92 Å². The second-order valence-electron chi connectivity index (χ2n) is 6.94. The molecule has 1 aliphatic carbocycles. The molecule has 0 aromatic heterocycles. The third-order valence-electron chi connectivity index (χ3n) is 5.07. The van der Waals surface area contributed by atoms with E-state index in [-0.39, 0.29) is 11.9 Å². The van der Waals surface area contributed by atoms with Gasteiger partial charge in [-0.05, 0) is 49.1 Å². The van der Waals surface area contributed by atoms with Gasteiger partial charge in [0.15, 0.2) is 0 Å². The van der Waals surface area contributed by atoms with Gasteiger partial charge in [-0.1, -0.05) is 55.2 Å². The maximum absolute atomic E-state index is 12.4. The number of carbonyl (C=O) groups is 1. The first-order chi connectivity index (χ1) is 11.6. The normalized spacial score (nSPS) is 21.2. The topological polar surface area (TPSA) is 32.3 Å². The van der Waals surface area contributed by atoms with Gasteiger partial charge >= 0.3 is 0 Å². The van der Waals surface area contributed by atoms with Crippen molar-refractivity contribution in [3.63, 3.8) is 0 Å². The van der Waals surface area contributed by atoms with Gasteiger partial charge in [0.25, 0.3) is 0 Å². The zero-order valence-corrected chi connectivity index (χ0v) is 15.9. The van der Waals surface area contributed by atoms with Crippen LogP contribution in [0.1, 0.15) is 49.8 Å². The van der Waals surface area contributed by atoms with Crippen LogP contribution in [0.25, 0.3) is 0 Å². The highest BCUT2D eigenvalue weighted by atomic mass is 32.2. The maximum atomic E-state index is 12.4. The fraction of sp³-hybridized carbons (Fsp3) is 0.579. The lowest BCUT2D eigenvalue weighted by Crippen LogP contribution is -2.37. The van der Waals surface area contributed by atoms with Gasteiger partial charge < -0.3 is 10.2 Å². The smallest absolute Gasteiger partial charge is 0.230 e. The van der Waals surface area contributed by atoms with Crippen LogP contribution in [0.2, 0.25) is 0 Å². The Hall–Kier alpha value is -1.07. The second kappa shape index (κ2) is 8.34. The first kappa shape index (κ1) is 17.7. The molecule has 1 aromatic rings. The quantitative estimate of drug-likeness (QED) is 0.826. The van der Waals surface area contributed by atoms with Gasteiger partial charge in [0.2, 0.25) is 5.91 Å². The number of rotatable bonds is 3. The molecule has 0 bridgehead atoms. The van der Waals surface area contributed by atoms with E-state index in [9.17, 15) is 4.79 Å². The van der Waals surface area contributed by atoms with Crippen molar-refractivity contribution in [1.82, 2.24) is 10.2 Å². The Morgan fingerprint density at radius 3 is 2.83 bits per heavy atom. The van der Waals surface area contributed by atoms with E-state index in [1.807, 2.05) is 0 Å². The lowest BCUT2D eigenvalue weighted by molar-refractivity contribution is -0.119. The summed E-state index contributed by atoms with van der Waals surface area (Å²) in [6.07, 6.45) is 5.69. The molecule has 1 heterocycles. The van der Waals surface area contributed by atoms with Crippen LogP contribution in [-0.4, -0.2) is 34.0 Å². The minimum Gasteiger partial charge on any atom is -0.357 e. The van der Waals surface area contributed by atoms with Crippen molar-refractivity contribution < 1.29 is 4.79 Å². The van der Waals surface area contributed by atoms with Gasteiger partial charge in [0, 0.05) is 13.1 Å². The summed E-state index contributed by atoms with van der Waals surface area (Å²) in [6.45, 7) is 4.36. The van der Waals surface area contributed by atoms with E-state index in [1.165, 1.54) is 35.7 Å². The maximum Gasteiger partial charge on any atom is 0.230 e. The molecule has 0 unspecified atom stereocenters. The molecular formula is C19H26N2OS2. The highest BCUT2D eigenvalue weighted by molar-refractivity contribution is 8.23. The summed E-state index contributed by atoms with van der Waals surface area (Å²) in [7, 11) is 0. The van der Waals surface area contributed by atoms with Gasteiger partial charge in [0.1, 0.15) is 4.32 Å².